The van der Waals surface area contributed by atoms with Gasteiger partial charge in [-0.2, -0.15) is 0 Å². The summed E-state index contributed by atoms with van der Waals surface area (Å²) in [6.45, 7) is 11.6. The Labute approximate surface area is 132 Å². The molecule has 0 heterocycles. The highest BCUT2D eigenvalue weighted by Gasteiger charge is 2.14. The van der Waals surface area contributed by atoms with E-state index < -0.39 is 0 Å². The van der Waals surface area contributed by atoms with Crippen LogP contribution in [0.1, 0.15) is 27.2 Å². The summed E-state index contributed by atoms with van der Waals surface area (Å²) in [6, 6.07) is 3.52. The predicted octanol–water partition coefficient (Wildman–Crippen LogP) is 4.13. The SMILES string of the molecule is CCN(CC)CCCN(CC)c1c(Cl)cc(N)cc1Cl. The molecule has 0 atom stereocenters. The molecule has 0 bridgehead atoms. The van der Waals surface area contributed by atoms with Gasteiger partial charge < -0.3 is 15.5 Å². The molecule has 0 aliphatic rings. The molecule has 0 saturated carbocycles. The number of anilines is 2. The van der Waals surface area contributed by atoms with Crippen LogP contribution in [-0.2, 0) is 0 Å². The molecule has 0 unspecified atom stereocenters. The zero-order valence-corrected chi connectivity index (χ0v) is 14.1. The standard InChI is InChI=1S/C15H25Cl2N3/c1-4-19(5-2)8-7-9-20(6-3)15-13(16)10-12(18)11-14(15)17/h10-11H,4-9,18H2,1-3H3. The Bertz CT molecular complexity index is 397. The van der Waals surface area contributed by atoms with Gasteiger partial charge in [-0.25, -0.2) is 0 Å². The number of hydrogen-bond acceptors (Lipinski definition) is 3. The molecule has 5 heteroatoms. The second-order valence-electron chi connectivity index (χ2n) is 4.79. The Balaban J connectivity index is 2.72. The average molecular weight is 318 g/mol. The van der Waals surface area contributed by atoms with Gasteiger partial charge >= 0.3 is 0 Å². The molecule has 0 fully saturated rings. The zero-order chi connectivity index (χ0) is 15.1. The molecule has 0 aliphatic carbocycles. The molecule has 0 aliphatic heterocycles. The molecule has 1 rings (SSSR count). The molecular formula is C15H25Cl2N3. The van der Waals surface area contributed by atoms with Gasteiger partial charge in [0.1, 0.15) is 0 Å². The summed E-state index contributed by atoms with van der Waals surface area (Å²) in [5.74, 6) is 0. The lowest BCUT2D eigenvalue weighted by atomic mass is 10.2. The quantitative estimate of drug-likeness (QED) is 0.731. The van der Waals surface area contributed by atoms with Crippen molar-refractivity contribution in [2.45, 2.75) is 27.2 Å². The van der Waals surface area contributed by atoms with Crippen LogP contribution in [0.25, 0.3) is 0 Å². The first kappa shape index (κ1) is 17.4. The minimum Gasteiger partial charge on any atom is -0.399 e. The largest absolute Gasteiger partial charge is 0.399 e. The van der Waals surface area contributed by atoms with Crippen LogP contribution in [0.2, 0.25) is 10.0 Å². The molecule has 0 aromatic heterocycles. The lowest BCUT2D eigenvalue weighted by Gasteiger charge is -2.27. The van der Waals surface area contributed by atoms with E-state index in [0.29, 0.717) is 15.7 Å². The Hall–Kier alpha value is -0.640. The third-order valence-corrected chi connectivity index (χ3v) is 4.11. The van der Waals surface area contributed by atoms with Gasteiger partial charge in [0.05, 0.1) is 15.7 Å². The van der Waals surface area contributed by atoms with Crippen LogP contribution < -0.4 is 10.6 Å². The Morgan fingerprint density at radius 1 is 0.950 bits per heavy atom. The average Bonchev–Trinajstić information content (AvgIpc) is 2.40. The van der Waals surface area contributed by atoms with E-state index in [0.717, 1.165) is 44.8 Å². The molecular weight excluding hydrogens is 293 g/mol. The number of nitrogens with two attached hydrogens (primary N) is 1. The number of rotatable bonds is 8. The minimum atomic E-state index is 0.600. The van der Waals surface area contributed by atoms with Gasteiger partial charge in [0.15, 0.2) is 0 Å². The highest BCUT2D eigenvalue weighted by atomic mass is 35.5. The highest BCUT2D eigenvalue weighted by Crippen LogP contribution is 2.35. The van der Waals surface area contributed by atoms with Crippen molar-refractivity contribution >= 4 is 34.6 Å². The Morgan fingerprint density at radius 3 is 1.95 bits per heavy atom. The predicted molar refractivity (Wildman–Crippen MR) is 91.2 cm³/mol. The van der Waals surface area contributed by atoms with Crippen LogP contribution in [0.4, 0.5) is 11.4 Å². The zero-order valence-electron chi connectivity index (χ0n) is 12.6. The van der Waals surface area contributed by atoms with E-state index >= 15 is 0 Å². The van der Waals surface area contributed by atoms with Gasteiger partial charge in [0, 0.05) is 18.8 Å². The summed E-state index contributed by atoms with van der Waals surface area (Å²) in [7, 11) is 0. The smallest absolute Gasteiger partial charge is 0.0746 e. The summed E-state index contributed by atoms with van der Waals surface area (Å²) in [5, 5.41) is 1.25. The number of hydrogen-bond donors (Lipinski definition) is 1. The molecule has 0 spiro atoms. The summed E-state index contributed by atoms with van der Waals surface area (Å²) in [4.78, 5) is 4.63. The maximum Gasteiger partial charge on any atom is 0.0746 e. The first-order valence-electron chi connectivity index (χ1n) is 7.25. The van der Waals surface area contributed by atoms with Crippen molar-refractivity contribution in [3.05, 3.63) is 22.2 Å². The number of nitrogens with zero attached hydrogens (tertiary/aromatic N) is 2. The van der Waals surface area contributed by atoms with Gasteiger partial charge in [-0.3, -0.25) is 0 Å². The van der Waals surface area contributed by atoms with E-state index in [9.17, 15) is 0 Å². The second-order valence-corrected chi connectivity index (χ2v) is 5.61. The summed E-state index contributed by atoms with van der Waals surface area (Å²) in [5.41, 5.74) is 7.24. The fraction of sp³-hybridized carbons (Fsp3) is 0.600. The number of halogens is 2. The minimum absolute atomic E-state index is 0.600. The normalized spacial score (nSPS) is 11.1. The van der Waals surface area contributed by atoms with E-state index in [2.05, 4.69) is 30.6 Å². The third-order valence-electron chi connectivity index (χ3n) is 3.53. The van der Waals surface area contributed by atoms with E-state index in [-0.39, 0.29) is 0 Å². The van der Waals surface area contributed by atoms with Crippen molar-refractivity contribution in [1.82, 2.24) is 4.90 Å². The van der Waals surface area contributed by atoms with Crippen molar-refractivity contribution in [2.24, 2.45) is 0 Å². The molecule has 20 heavy (non-hydrogen) atoms. The van der Waals surface area contributed by atoms with Crippen molar-refractivity contribution < 1.29 is 0 Å². The molecule has 0 radical (unpaired) electrons. The van der Waals surface area contributed by atoms with Crippen LogP contribution in [0.5, 0.6) is 0 Å². The topological polar surface area (TPSA) is 32.5 Å². The van der Waals surface area contributed by atoms with Gasteiger partial charge in [0.25, 0.3) is 0 Å². The van der Waals surface area contributed by atoms with E-state index in [1.165, 1.54) is 0 Å². The fourth-order valence-electron chi connectivity index (χ4n) is 2.34. The molecule has 2 N–H and O–H groups in total. The van der Waals surface area contributed by atoms with Crippen LogP contribution in [0.15, 0.2) is 12.1 Å². The summed E-state index contributed by atoms with van der Waals surface area (Å²) in [6.07, 6.45) is 1.09. The third kappa shape index (κ3) is 4.72. The second kappa shape index (κ2) is 8.60. The maximum atomic E-state index is 6.29. The Morgan fingerprint density at radius 2 is 1.50 bits per heavy atom. The first-order valence-corrected chi connectivity index (χ1v) is 8.00. The van der Waals surface area contributed by atoms with Crippen LogP contribution in [-0.4, -0.2) is 37.6 Å². The number of benzene rings is 1. The van der Waals surface area contributed by atoms with Crippen LogP contribution in [0, 0.1) is 0 Å². The van der Waals surface area contributed by atoms with Gasteiger partial charge in [-0.15, -0.1) is 0 Å². The lowest BCUT2D eigenvalue weighted by molar-refractivity contribution is 0.301. The van der Waals surface area contributed by atoms with Crippen molar-refractivity contribution in [3.63, 3.8) is 0 Å². The van der Waals surface area contributed by atoms with Gasteiger partial charge in [0.2, 0.25) is 0 Å². The van der Waals surface area contributed by atoms with Crippen molar-refractivity contribution in [3.8, 4) is 0 Å². The van der Waals surface area contributed by atoms with E-state index in [1.807, 2.05) is 0 Å². The van der Waals surface area contributed by atoms with Crippen LogP contribution in [0.3, 0.4) is 0 Å². The van der Waals surface area contributed by atoms with Crippen LogP contribution >= 0.6 is 23.2 Å². The molecule has 0 amide bonds. The summed E-state index contributed by atoms with van der Waals surface area (Å²) >= 11 is 12.6. The van der Waals surface area contributed by atoms with Gasteiger partial charge in [-0.1, -0.05) is 37.0 Å². The molecule has 1 aromatic rings. The summed E-state index contributed by atoms with van der Waals surface area (Å²) < 4.78 is 0. The molecule has 1 aromatic carbocycles. The monoisotopic (exact) mass is 317 g/mol. The Kier molecular flexibility index (Phi) is 7.49. The maximum absolute atomic E-state index is 6.29. The number of nitrogen functional groups attached to an aromatic ring is 1. The molecule has 3 nitrogen and oxygen atoms in total. The van der Waals surface area contributed by atoms with Gasteiger partial charge in [-0.05, 0) is 45.1 Å². The van der Waals surface area contributed by atoms with Crippen molar-refractivity contribution in [2.75, 3.05) is 43.4 Å². The first-order chi connectivity index (χ1) is 9.53. The highest BCUT2D eigenvalue weighted by molar-refractivity contribution is 6.39. The molecule has 114 valence electrons. The lowest BCUT2D eigenvalue weighted by Crippen LogP contribution is -2.30. The molecule has 0 saturated heterocycles. The van der Waals surface area contributed by atoms with E-state index in [4.69, 9.17) is 28.9 Å². The fourth-order valence-corrected chi connectivity index (χ4v) is 3.08. The van der Waals surface area contributed by atoms with Crippen molar-refractivity contribution in [1.29, 1.82) is 0 Å². The van der Waals surface area contributed by atoms with E-state index in [1.54, 1.807) is 12.1 Å².